The van der Waals surface area contributed by atoms with E-state index in [-0.39, 0.29) is 0 Å². The maximum atomic E-state index is 14.0. The second-order valence-corrected chi connectivity index (χ2v) is 5.70. The van der Waals surface area contributed by atoms with Crippen molar-refractivity contribution in [1.82, 2.24) is 0 Å². The van der Waals surface area contributed by atoms with E-state index in [1.807, 2.05) is 29.6 Å². The van der Waals surface area contributed by atoms with E-state index in [1.54, 1.807) is 18.3 Å². The van der Waals surface area contributed by atoms with Crippen LogP contribution in [-0.2, 0) is 0 Å². The van der Waals surface area contributed by atoms with Crippen molar-refractivity contribution in [2.45, 2.75) is 13.0 Å². The van der Waals surface area contributed by atoms with Gasteiger partial charge in [0.25, 0.3) is 0 Å². The van der Waals surface area contributed by atoms with E-state index in [1.165, 1.54) is 6.07 Å². The Labute approximate surface area is 119 Å². The van der Waals surface area contributed by atoms with Gasteiger partial charge >= 0.3 is 0 Å². The largest absolute Gasteiger partial charge is 0.320 e. The molecule has 102 valence electrons. The van der Waals surface area contributed by atoms with Crippen LogP contribution in [0.4, 0.5) is 8.78 Å². The van der Waals surface area contributed by atoms with Gasteiger partial charge < -0.3 is 5.73 Å². The Hall–Kier alpha value is -1.78. The summed E-state index contributed by atoms with van der Waals surface area (Å²) >= 11 is 1.57. The van der Waals surface area contributed by atoms with Crippen LogP contribution in [0.5, 0.6) is 0 Å². The Morgan fingerprint density at radius 1 is 1.05 bits per heavy atom. The summed E-state index contributed by atoms with van der Waals surface area (Å²) in [6.45, 7) is 1.61. The molecule has 0 aliphatic heterocycles. The predicted octanol–water partition coefficient (Wildman–Crippen LogP) is 4.54. The summed E-state index contributed by atoms with van der Waals surface area (Å²) in [4.78, 5) is 0. The molecule has 1 atom stereocenters. The van der Waals surface area contributed by atoms with Gasteiger partial charge in [-0.1, -0.05) is 18.2 Å². The van der Waals surface area contributed by atoms with Gasteiger partial charge in [0.2, 0.25) is 0 Å². The molecular weight excluding hydrogens is 276 g/mol. The third-order valence-electron chi connectivity index (χ3n) is 3.46. The fourth-order valence-electron chi connectivity index (χ4n) is 2.35. The molecule has 0 spiro atoms. The van der Waals surface area contributed by atoms with E-state index in [0.717, 1.165) is 21.7 Å². The highest BCUT2D eigenvalue weighted by Gasteiger charge is 2.18. The van der Waals surface area contributed by atoms with Gasteiger partial charge in [-0.2, -0.15) is 0 Å². The lowest BCUT2D eigenvalue weighted by molar-refractivity contribution is 0.561. The van der Waals surface area contributed by atoms with Crippen molar-refractivity contribution in [2.75, 3.05) is 0 Å². The Bertz CT molecular complexity index is 779. The molecule has 0 saturated carbocycles. The van der Waals surface area contributed by atoms with Gasteiger partial charge in [0.1, 0.15) is 11.6 Å². The Morgan fingerprint density at radius 2 is 1.85 bits per heavy atom. The number of fused-ring (bicyclic) bond motifs is 1. The fourth-order valence-corrected chi connectivity index (χ4v) is 3.30. The molecule has 0 aliphatic carbocycles. The third kappa shape index (κ3) is 2.11. The molecule has 3 aromatic rings. The quantitative estimate of drug-likeness (QED) is 0.736. The van der Waals surface area contributed by atoms with Gasteiger partial charge in [-0.25, -0.2) is 8.78 Å². The number of thiophene rings is 1. The molecule has 0 saturated heterocycles. The van der Waals surface area contributed by atoms with Crippen LogP contribution in [-0.4, -0.2) is 0 Å². The molecule has 4 heteroatoms. The molecule has 0 fully saturated rings. The molecular formula is C16H13F2NS. The minimum absolute atomic E-state index is 0.324. The Balaban J connectivity index is 2.15. The molecule has 1 aromatic heterocycles. The summed E-state index contributed by atoms with van der Waals surface area (Å²) in [6, 6.07) is 9.58. The van der Waals surface area contributed by atoms with E-state index in [9.17, 15) is 8.78 Å². The summed E-state index contributed by atoms with van der Waals surface area (Å²) in [6.07, 6.45) is 0. The van der Waals surface area contributed by atoms with Crippen LogP contribution >= 0.6 is 11.3 Å². The zero-order chi connectivity index (χ0) is 14.3. The maximum absolute atomic E-state index is 14.0. The highest BCUT2D eigenvalue weighted by molar-refractivity contribution is 7.17. The van der Waals surface area contributed by atoms with Crippen LogP contribution in [0.15, 0.2) is 41.8 Å². The normalized spacial score (nSPS) is 12.8. The van der Waals surface area contributed by atoms with Gasteiger partial charge in [0.15, 0.2) is 0 Å². The van der Waals surface area contributed by atoms with Gasteiger partial charge in [0, 0.05) is 16.3 Å². The second-order valence-electron chi connectivity index (χ2n) is 4.79. The van der Waals surface area contributed by atoms with E-state index >= 15 is 0 Å². The third-order valence-corrected chi connectivity index (χ3v) is 4.44. The predicted molar refractivity (Wildman–Crippen MR) is 79.0 cm³/mol. The first-order chi connectivity index (χ1) is 9.58. The van der Waals surface area contributed by atoms with Crippen molar-refractivity contribution < 1.29 is 8.78 Å². The van der Waals surface area contributed by atoms with Crippen LogP contribution in [0.1, 0.15) is 22.7 Å². The number of aryl methyl sites for hydroxylation is 1. The molecule has 3 rings (SSSR count). The zero-order valence-corrected chi connectivity index (χ0v) is 11.7. The van der Waals surface area contributed by atoms with Crippen molar-refractivity contribution in [3.8, 4) is 0 Å². The number of halogens is 2. The lowest BCUT2D eigenvalue weighted by Gasteiger charge is -2.15. The monoisotopic (exact) mass is 289 g/mol. The topological polar surface area (TPSA) is 26.0 Å². The molecule has 0 bridgehead atoms. The molecule has 1 unspecified atom stereocenters. The van der Waals surface area contributed by atoms with Crippen molar-refractivity contribution in [3.63, 3.8) is 0 Å². The van der Waals surface area contributed by atoms with Crippen molar-refractivity contribution >= 4 is 21.4 Å². The summed E-state index contributed by atoms with van der Waals surface area (Å²) < 4.78 is 28.4. The molecule has 1 nitrogen and oxygen atoms in total. The Morgan fingerprint density at radius 3 is 2.65 bits per heavy atom. The minimum Gasteiger partial charge on any atom is -0.320 e. The van der Waals surface area contributed by atoms with Gasteiger partial charge in [0.05, 0.1) is 6.04 Å². The number of benzene rings is 2. The molecule has 0 radical (unpaired) electrons. The smallest absolute Gasteiger partial charge is 0.131 e. The lowest BCUT2D eigenvalue weighted by Crippen LogP contribution is -2.14. The number of hydrogen-bond donors (Lipinski definition) is 1. The van der Waals surface area contributed by atoms with Crippen LogP contribution in [0.2, 0.25) is 0 Å². The zero-order valence-electron chi connectivity index (χ0n) is 10.9. The first kappa shape index (κ1) is 13.2. The van der Waals surface area contributed by atoms with Crippen molar-refractivity contribution in [1.29, 1.82) is 0 Å². The number of hydrogen-bond acceptors (Lipinski definition) is 2. The molecule has 0 aliphatic rings. The standard InChI is InChI=1S/C16H13F2NS/c1-9-7-12(14(18)8-13(9)17)15(19)11-4-2-3-10-5-6-20-16(10)11/h2-8,15H,19H2,1H3. The van der Waals surface area contributed by atoms with Gasteiger partial charge in [-0.05, 0) is 40.9 Å². The molecule has 2 N–H and O–H groups in total. The fraction of sp³-hybridized carbons (Fsp3) is 0.125. The van der Waals surface area contributed by atoms with E-state index in [2.05, 4.69) is 0 Å². The highest BCUT2D eigenvalue weighted by Crippen LogP contribution is 2.32. The average molecular weight is 289 g/mol. The van der Waals surface area contributed by atoms with E-state index < -0.39 is 17.7 Å². The van der Waals surface area contributed by atoms with E-state index in [4.69, 9.17) is 5.73 Å². The summed E-state index contributed by atoms with van der Waals surface area (Å²) in [7, 11) is 0. The van der Waals surface area contributed by atoms with Crippen molar-refractivity contribution in [3.05, 3.63) is 70.1 Å². The highest BCUT2D eigenvalue weighted by atomic mass is 32.1. The Kier molecular flexibility index (Phi) is 3.28. The van der Waals surface area contributed by atoms with Crippen LogP contribution in [0, 0.1) is 18.6 Å². The van der Waals surface area contributed by atoms with Crippen LogP contribution in [0.3, 0.4) is 0 Å². The lowest BCUT2D eigenvalue weighted by atomic mass is 9.96. The summed E-state index contributed by atoms with van der Waals surface area (Å²) in [5, 5.41) is 3.06. The number of rotatable bonds is 2. The molecule has 1 heterocycles. The SMILES string of the molecule is Cc1cc(C(N)c2cccc3ccsc23)c(F)cc1F. The average Bonchev–Trinajstić information content (AvgIpc) is 2.90. The maximum Gasteiger partial charge on any atom is 0.131 e. The number of nitrogens with two attached hydrogens (primary N) is 1. The minimum atomic E-state index is -0.603. The summed E-state index contributed by atoms with van der Waals surface area (Å²) in [5.41, 5.74) is 7.79. The van der Waals surface area contributed by atoms with Crippen LogP contribution < -0.4 is 5.73 Å². The first-order valence-electron chi connectivity index (χ1n) is 6.25. The first-order valence-corrected chi connectivity index (χ1v) is 7.13. The molecule has 20 heavy (non-hydrogen) atoms. The van der Waals surface area contributed by atoms with Gasteiger partial charge in [-0.15, -0.1) is 11.3 Å². The van der Waals surface area contributed by atoms with E-state index in [0.29, 0.717) is 11.1 Å². The van der Waals surface area contributed by atoms with Crippen molar-refractivity contribution in [2.24, 2.45) is 5.73 Å². The second kappa shape index (κ2) is 4.96. The van der Waals surface area contributed by atoms with Crippen LogP contribution in [0.25, 0.3) is 10.1 Å². The molecule has 2 aromatic carbocycles. The summed E-state index contributed by atoms with van der Waals surface area (Å²) in [5.74, 6) is -1.15. The molecule has 0 amide bonds. The van der Waals surface area contributed by atoms with Gasteiger partial charge in [-0.3, -0.25) is 0 Å².